The van der Waals surface area contributed by atoms with Crippen molar-refractivity contribution in [2.24, 2.45) is 0 Å². The van der Waals surface area contributed by atoms with Gasteiger partial charge in [-0.15, -0.1) is 11.3 Å². The lowest BCUT2D eigenvalue weighted by molar-refractivity contribution is 0.0940. The summed E-state index contributed by atoms with van der Waals surface area (Å²) in [6.07, 6.45) is 0. The molecule has 0 fully saturated rings. The minimum Gasteiger partial charge on any atom is -0.397 e. The lowest BCUT2D eigenvalue weighted by Gasteiger charge is -2.13. The number of nitrogens with one attached hydrogen (secondary N) is 1. The Morgan fingerprint density at radius 2 is 2.05 bits per heavy atom. The second kappa shape index (κ2) is 6.04. The summed E-state index contributed by atoms with van der Waals surface area (Å²) in [5.41, 5.74) is 6.41. The molecule has 106 valence electrons. The standard InChI is InChI=1S/C14H14Cl2N2OS/c1-7-3-4-12(20-7)8(2)18-14(19)9-5-10(15)13(16)11(17)6-9/h3-6,8H,17H2,1-2H3,(H,18,19). The number of thiophene rings is 1. The van der Waals surface area contributed by atoms with Crippen LogP contribution >= 0.6 is 34.5 Å². The number of hydrogen-bond donors (Lipinski definition) is 2. The van der Waals surface area contributed by atoms with Gasteiger partial charge in [0.05, 0.1) is 21.8 Å². The van der Waals surface area contributed by atoms with Gasteiger partial charge in [0.15, 0.2) is 0 Å². The number of aryl methyl sites for hydroxylation is 1. The van der Waals surface area contributed by atoms with Crippen molar-refractivity contribution in [2.45, 2.75) is 19.9 Å². The van der Waals surface area contributed by atoms with E-state index in [1.807, 2.05) is 26.0 Å². The molecule has 1 unspecified atom stereocenters. The van der Waals surface area contributed by atoms with Crippen molar-refractivity contribution in [2.75, 3.05) is 5.73 Å². The quantitative estimate of drug-likeness (QED) is 0.818. The molecule has 3 nitrogen and oxygen atoms in total. The Labute approximate surface area is 131 Å². The Morgan fingerprint density at radius 1 is 1.35 bits per heavy atom. The molecule has 2 aromatic rings. The number of nitrogen functional groups attached to an aromatic ring is 1. The zero-order valence-electron chi connectivity index (χ0n) is 11.0. The Kier molecular flexibility index (Phi) is 4.58. The van der Waals surface area contributed by atoms with Crippen molar-refractivity contribution >= 4 is 46.1 Å². The molecule has 0 aliphatic carbocycles. The highest BCUT2D eigenvalue weighted by molar-refractivity contribution is 7.12. The first-order valence-electron chi connectivity index (χ1n) is 6.00. The number of nitrogens with two attached hydrogens (primary N) is 1. The van der Waals surface area contributed by atoms with Crippen LogP contribution in [0, 0.1) is 6.92 Å². The highest BCUT2D eigenvalue weighted by atomic mass is 35.5. The van der Waals surface area contributed by atoms with Crippen molar-refractivity contribution in [1.82, 2.24) is 5.32 Å². The molecule has 1 aromatic heterocycles. The third kappa shape index (κ3) is 3.26. The predicted molar refractivity (Wildman–Crippen MR) is 85.8 cm³/mol. The van der Waals surface area contributed by atoms with E-state index in [0.29, 0.717) is 11.3 Å². The maximum Gasteiger partial charge on any atom is 0.251 e. The van der Waals surface area contributed by atoms with Crippen molar-refractivity contribution in [3.05, 3.63) is 49.6 Å². The van der Waals surface area contributed by atoms with Crippen LogP contribution in [0.3, 0.4) is 0 Å². The fourth-order valence-corrected chi connectivity index (χ4v) is 2.99. The number of anilines is 1. The van der Waals surface area contributed by atoms with E-state index in [4.69, 9.17) is 28.9 Å². The summed E-state index contributed by atoms with van der Waals surface area (Å²) in [6.45, 7) is 3.96. The van der Waals surface area contributed by atoms with Gasteiger partial charge in [-0.1, -0.05) is 23.2 Å². The van der Waals surface area contributed by atoms with Crippen molar-refractivity contribution in [3.8, 4) is 0 Å². The Balaban J connectivity index is 2.16. The van der Waals surface area contributed by atoms with Crippen LogP contribution in [0.15, 0.2) is 24.3 Å². The molecule has 20 heavy (non-hydrogen) atoms. The van der Waals surface area contributed by atoms with Crippen LogP contribution < -0.4 is 11.1 Å². The molecular formula is C14H14Cl2N2OS. The molecule has 3 N–H and O–H groups in total. The number of amides is 1. The van der Waals surface area contributed by atoms with Crippen LogP contribution in [0.2, 0.25) is 10.0 Å². The normalized spacial score (nSPS) is 12.2. The number of benzene rings is 1. The largest absolute Gasteiger partial charge is 0.397 e. The molecule has 2 rings (SSSR count). The van der Waals surface area contributed by atoms with Gasteiger partial charge >= 0.3 is 0 Å². The van der Waals surface area contributed by atoms with Gasteiger partial charge in [-0.3, -0.25) is 4.79 Å². The van der Waals surface area contributed by atoms with Crippen molar-refractivity contribution in [1.29, 1.82) is 0 Å². The summed E-state index contributed by atoms with van der Waals surface area (Å²) in [5.74, 6) is -0.228. The molecule has 1 heterocycles. The average molecular weight is 329 g/mol. The van der Waals surface area contributed by atoms with Crippen LogP contribution in [0.4, 0.5) is 5.69 Å². The molecule has 0 aliphatic heterocycles. The van der Waals surface area contributed by atoms with E-state index in [1.54, 1.807) is 11.3 Å². The van der Waals surface area contributed by atoms with E-state index in [9.17, 15) is 4.79 Å². The van der Waals surface area contributed by atoms with Gasteiger partial charge in [-0.25, -0.2) is 0 Å². The van der Waals surface area contributed by atoms with E-state index in [1.165, 1.54) is 17.0 Å². The minimum atomic E-state index is -0.228. The minimum absolute atomic E-state index is 0.0723. The topological polar surface area (TPSA) is 55.1 Å². The molecule has 0 saturated heterocycles. The Hall–Kier alpha value is -1.23. The SMILES string of the molecule is Cc1ccc(C(C)NC(=O)c2cc(N)c(Cl)c(Cl)c2)s1. The summed E-state index contributed by atoms with van der Waals surface area (Å²) in [7, 11) is 0. The second-order valence-electron chi connectivity index (χ2n) is 4.50. The summed E-state index contributed by atoms with van der Waals surface area (Å²) >= 11 is 13.5. The lowest BCUT2D eigenvalue weighted by Crippen LogP contribution is -2.26. The van der Waals surface area contributed by atoms with Gasteiger partial charge in [-0.2, -0.15) is 0 Å². The number of halogens is 2. The molecule has 1 amide bonds. The van der Waals surface area contributed by atoms with Crippen molar-refractivity contribution < 1.29 is 4.79 Å². The molecule has 0 saturated carbocycles. The zero-order chi connectivity index (χ0) is 14.9. The Bertz CT molecular complexity index is 631. The maximum atomic E-state index is 12.2. The second-order valence-corrected chi connectivity index (χ2v) is 6.61. The van der Waals surface area contributed by atoms with Gasteiger partial charge in [-0.05, 0) is 38.1 Å². The van der Waals surface area contributed by atoms with E-state index >= 15 is 0 Å². The first-order valence-corrected chi connectivity index (χ1v) is 7.57. The molecule has 0 radical (unpaired) electrons. The number of carbonyl (C=O) groups is 1. The van der Waals surface area contributed by atoms with Crippen LogP contribution in [0.5, 0.6) is 0 Å². The molecule has 1 aromatic carbocycles. The summed E-state index contributed by atoms with van der Waals surface area (Å²) < 4.78 is 0. The van der Waals surface area contributed by atoms with E-state index in [2.05, 4.69) is 5.32 Å². The van der Waals surface area contributed by atoms with Crippen LogP contribution in [-0.2, 0) is 0 Å². The summed E-state index contributed by atoms with van der Waals surface area (Å²) in [4.78, 5) is 14.5. The van der Waals surface area contributed by atoms with Crippen LogP contribution in [0.1, 0.15) is 33.1 Å². The molecule has 1 atom stereocenters. The molecule has 6 heteroatoms. The number of rotatable bonds is 3. The number of hydrogen-bond acceptors (Lipinski definition) is 3. The highest BCUT2D eigenvalue weighted by Crippen LogP contribution is 2.30. The fraction of sp³-hybridized carbons (Fsp3) is 0.214. The monoisotopic (exact) mass is 328 g/mol. The molecule has 0 spiro atoms. The number of carbonyl (C=O) groups excluding carboxylic acids is 1. The van der Waals surface area contributed by atoms with Gasteiger partial charge in [0.2, 0.25) is 0 Å². The lowest BCUT2D eigenvalue weighted by atomic mass is 10.1. The maximum absolute atomic E-state index is 12.2. The van der Waals surface area contributed by atoms with Gasteiger partial charge < -0.3 is 11.1 Å². The van der Waals surface area contributed by atoms with Gasteiger partial charge in [0.1, 0.15) is 0 Å². The van der Waals surface area contributed by atoms with E-state index in [0.717, 1.165) is 4.88 Å². The molecule has 0 bridgehead atoms. The average Bonchev–Trinajstić information content (AvgIpc) is 2.82. The first-order chi connectivity index (χ1) is 9.38. The third-order valence-electron chi connectivity index (χ3n) is 2.85. The summed E-state index contributed by atoms with van der Waals surface area (Å²) in [6, 6.07) is 7.00. The van der Waals surface area contributed by atoms with E-state index < -0.39 is 0 Å². The van der Waals surface area contributed by atoms with Crippen molar-refractivity contribution in [3.63, 3.8) is 0 Å². The fourth-order valence-electron chi connectivity index (χ4n) is 1.78. The first kappa shape index (κ1) is 15.2. The predicted octanol–water partition coefficient (Wildman–Crippen LogP) is 4.44. The zero-order valence-corrected chi connectivity index (χ0v) is 13.4. The van der Waals surface area contributed by atoms with Gasteiger partial charge in [0, 0.05) is 15.3 Å². The molecular weight excluding hydrogens is 315 g/mol. The smallest absolute Gasteiger partial charge is 0.251 e. The van der Waals surface area contributed by atoms with Gasteiger partial charge in [0.25, 0.3) is 5.91 Å². The van der Waals surface area contributed by atoms with Crippen LogP contribution in [0.25, 0.3) is 0 Å². The van der Waals surface area contributed by atoms with E-state index in [-0.39, 0.29) is 22.0 Å². The third-order valence-corrected chi connectivity index (χ3v) is 4.85. The van der Waals surface area contributed by atoms with Crippen LogP contribution in [-0.4, -0.2) is 5.91 Å². The Morgan fingerprint density at radius 3 is 2.60 bits per heavy atom. The highest BCUT2D eigenvalue weighted by Gasteiger charge is 2.15. The molecule has 0 aliphatic rings. The summed E-state index contributed by atoms with van der Waals surface area (Å²) in [5, 5.41) is 3.46.